The van der Waals surface area contributed by atoms with Crippen molar-refractivity contribution in [1.29, 1.82) is 0 Å². The first kappa shape index (κ1) is 29.3. The molecule has 3 aromatic carbocycles. The smallest absolute Gasteiger partial charge is 0.344 e. The second kappa shape index (κ2) is 12.4. The summed E-state index contributed by atoms with van der Waals surface area (Å²) in [5, 5.41) is 5.66. The van der Waals surface area contributed by atoms with Gasteiger partial charge in [-0.1, -0.05) is 18.2 Å². The number of hydrogen-bond donors (Lipinski definition) is 0. The van der Waals surface area contributed by atoms with Gasteiger partial charge < -0.3 is 23.4 Å². The van der Waals surface area contributed by atoms with Gasteiger partial charge in [0.25, 0.3) is 5.56 Å². The molecule has 0 unspecified atom stereocenters. The van der Waals surface area contributed by atoms with Gasteiger partial charge in [0.15, 0.2) is 23.9 Å². The molecule has 5 aromatic rings. The van der Waals surface area contributed by atoms with Gasteiger partial charge in [-0.25, -0.2) is 9.78 Å². The van der Waals surface area contributed by atoms with E-state index in [4.69, 9.17) is 28.3 Å². The number of ether oxygens (including phenoxy) is 4. The van der Waals surface area contributed by atoms with Crippen LogP contribution < -0.4 is 19.8 Å². The molecule has 12 heteroatoms. The van der Waals surface area contributed by atoms with Crippen LogP contribution in [0.25, 0.3) is 33.5 Å². The van der Waals surface area contributed by atoms with Crippen LogP contribution in [0.1, 0.15) is 19.4 Å². The first-order valence-electron chi connectivity index (χ1n) is 12.7. The standard InChI is InChI=1S/C30H25Br2N3O7/c1-16(2)41-25(36)15-40-28-23(39-4)12-17(26(31)27(28)32)14-33-35-29(34-20-9-6-5-8-18(20)30(35)37)24-13-19-21(38-3)10-7-11-22(19)42-24/h5-14,16H,15H2,1-4H3. The summed E-state index contributed by atoms with van der Waals surface area (Å²) in [5.74, 6) is 1.28. The van der Waals surface area contributed by atoms with Crippen molar-refractivity contribution in [1.82, 2.24) is 9.66 Å². The second-order valence-corrected chi connectivity index (χ2v) is 10.8. The van der Waals surface area contributed by atoms with E-state index in [1.807, 2.05) is 12.1 Å². The summed E-state index contributed by atoms with van der Waals surface area (Å²) in [5.41, 5.74) is 1.24. The summed E-state index contributed by atoms with van der Waals surface area (Å²) in [6.45, 7) is 3.20. The van der Waals surface area contributed by atoms with Crippen LogP contribution in [0.15, 0.2) is 77.9 Å². The van der Waals surface area contributed by atoms with Crippen LogP contribution in [0.4, 0.5) is 0 Å². The zero-order valence-electron chi connectivity index (χ0n) is 23.0. The summed E-state index contributed by atoms with van der Waals surface area (Å²) < 4.78 is 30.1. The number of para-hydroxylation sites is 1. The molecule has 0 saturated heterocycles. The van der Waals surface area contributed by atoms with Crippen LogP contribution in [0, 0.1) is 0 Å². The Labute approximate surface area is 257 Å². The van der Waals surface area contributed by atoms with Gasteiger partial charge >= 0.3 is 5.97 Å². The molecule has 0 aliphatic carbocycles. The number of rotatable bonds is 9. The first-order valence-corrected chi connectivity index (χ1v) is 14.3. The summed E-state index contributed by atoms with van der Waals surface area (Å²) in [6.07, 6.45) is 1.22. The Morgan fingerprint density at radius 1 is 1.02 bits per heavy atom. The SMILES string of the molecule is COc1cc(C=Nn2c(-c3cc4c(OC)cccc4o3)nc3ccccc3c2=O)c(Br)c(Br)c1OCC(=O)OC(C)C. The van der Waals surface area contributed by atoms with E-state index < -0.39 is 5.97 Å². The molecule has 10 nitrogen and oxygen atoms in total. The first-order chi connectivity index (χ1) is 20.2. The molecule has 0 bridgehead atoms. The number of halogens is 2. The Bertz CT molecular complexity index is 1900. The highest BCUT2D eigenvalue weighted by atomic mass is 79.9. The molecule has 5 rings (SSSR count). The Hall–Kier alpha value is -4.16. The highest BCUT2D eigenvalue weighted by Gasteiger charge is 2.20. The number of furan rings is 1. The second-order valence-electron chi connectivity index (χ2n) is 9.25. The Kier molecular flexibility index (Phi) is 8.64. The largest absolute Gasteiger partial charge is 0.496 e. The van der Waals surface area contributed by atoms with Crippen LogP contribution in [0.2, 0.25) is 0 Å². The lowest BCUT2D eigenvalue weighted by Gasteiger charge is -2.15. The number of carbonyl (C=O) groups excluding carboxylic acids is 1. The fourth-order valence-corrected chi connectivity index (χ4v) is 5.18. The van der Waals surface area contributed by atoms with Crippen molar-refractivity contribution in [2.75, 3.05) is 20.8 Å². The predicted octanol–water partition coefficient (Wildman–Crippen LogP) is 6.56. The van der Waals surface area contributed by atoms with Gasteiger partial charge in [0, 0.05) is 10.0 Å². The molecule has 2 aromatic heterocycles. The van der Waals surface area contributed by atoms with Crippen LogP contribution >= 0.6 is 31.9 Å². The van der Waals surface area contributed by atoms with E-state index in [0.29, 0.717) is 54.0 Å². The van der Waals surface area contributed by atoms with E-state index in [0.717, 1.165) is 5.39 Å². The molecule has 0 fully saturated rings. The lowest BCUT2D eigenvalue weighted by atomic mass is 10.2. The van der Waals surface area contributed by atoms with Crippen molar-refractivity contribution in [2.24, 2.45) is 5.10 Å². The molecule has 0 atom stereocenters. The third-order valence-electron chi connectivity index (χ3n) is 6.11. The maximum absolute atomic E-state index is 13.7. The molecule has 0 aliphatic rings. The van der Waals surface area contributed by atoms with E-state index >= 15 is 0 Å². The van der Waals surface area contributed by atoms with Crippen molar-refractivity contribution in [2.45, 2.75) is 20.0 Å². The number of fused-ring (bicyclic) bond motifs is 2. The number of methoxy groups -OCH3 is 2. The highest BCUT2D eigenvalue weighted by Crippen LogP contribution is 2.42. The minimum absolute atomic E-state index is 0.207. The summed E-state index contributed by atoms with van der Waals surface area (Å²) >= 11 is 7.06. The molecule has 0 aliphatic heterocycles. The van der Waals surface area contributed by atoms with E-state index in [2.05, 4.69) is 37.0 Å². The van der Waals surface area contributed by atoms with Gasteiger partial charge in [-0.3, -0.25) is 4.79 Å². The summed E-state index contributed by atoms with van der Waals surface area (Å²) in [7, 11) is 3.05. The molecular formula is C30H25Br2N3O7. The molecular weight excluding hydrogens is 674 g/mol. The third-order valence-corrected chi connectivity index (χ3v) is 8.25. The maximum atomic E-state index is 13.7. The fourth-order valence-electron chi connectivity index (χ4n) is 4.25. The fraction of sp³-hybridized carbons (Fsp3) is 0.200. The van der Waals surface area contributed by atoms with E-state index in [1.165, 1.54) is 18.0 Å². The molecule has 42 heavy (non-hydrogen) atoms. The zero-order chi connectivity index (χ0) is 30.0. The Morgan fingerprint density at radius 2 is 1.79 bits per heavy atom. The van der Waals surface area contributed by atoms with E-state index in [9.17, 15) is 9.59 Å². The molecule has 2 heterocycles. The van der Waals surface area contributed by atoms with Gasteiger partial charge in [0.05, 0.1) is 47.3 Å². The van der Waals surface area contributed by atoms with Gasteiger partial charge in [0.2, 0.25) is 5.82 Å². The van der Waals surface area contributed by atoms with Gasteiger partial charge in [-0.15, -0.1) is 0 Å². The number of hydrogen-bond acceptors (Lipinski definition) is 9. The molecule has 0 radical (unpaired) electrons. The van der Waals surface area contributed by atoms with Crippen molar-refractivity contribution < 1.29 is 28.2 Å². The van der Waals surface area contributed by atoms with Gasteiger partial charge in [0.1, 0.15) is 11.3 Å². The predicted molar refractivity (Wildman–Crippen MR) is 166 cm³/mol. The molecule has 0 N–H and O–H groups in total. The lowest BCUT2D eigenvalue weighted by Crippen LogP contribution is -2.20. The molecule has 216 valence electrons. The Balaban J connectivity index is 1.60. The quantitative estimate of drug-likeness (QED) is 0.126. The van der Waals surface area contributed by atoms with Crippen molar-refractivity contribution in [3.05, 3.63) is 79.5 Å². The highest BCUT2D eigenvalue weighted by molar-refractivity contribution is 9.13. The zero-order valence-corrected chi connectivity index (χ0v) is 26.2. The topological polar surface area (TPSA) is 114 Å². The summed E-state index contributed by atoms with van der Waals surface area (Å²) in [6, 6.07) is 15.9. The van der Waals surface area contributed by atoms with Crippen LogP contribution in [0.3, 0.4) is 0 Å². The lowest BCUT2D eigenvalue weighted by molar-refractivity contribution is -0.149. The van der Waals surface area contributed by atoms with E-state index in [1.54, 1.807) is 63.4 Å². The van der Waals surface area contributed by atoms with Crippen molar-refractivity contribution in [3.63, 3.8) is 0 Å². The average Bonchev–Trinajstić information content (AvgIpc) is 3.42. The van der Waals surface area contributed by atoms with Crippen LogP contribution in [-0.4, -0.2) is 48.8 Å². The minimum atomic E-state index is -0.514. The molecule has 0 amide bonds. The van der Waals surface area contributed by atoms with Crippen LogP contribution in [-0.2, 0) is 9.53 Å². The van der Waals surface area contributed by atoms with Gasteiger partial charge in [-0.05, 0) is 82.1 Å². The van der Waals surface area contributed by atoms with Crippen molar-refractivity contribution >= 4 is 65.9 Å². The third kappa shape index (κ3) is 5.77. The van der Waals surface area contributed by atoms with Gasteiger partial charge in [-0.2, -0.15) is 9.78 Å². The number of benzene rings is 3. The minimum Gasteiger partial charge on any atom is -0.496 e. The summed E-state index contributed by atoms with van der Waals surface area (Å²) in [4.78, 5) is 30.4. The van der Waals surface area contributed by atoms with Crippen molar-refractivity contribution in [3.8, 4) is 28.8 Å². The number of carbonyl (C=O) groups is 1. The number of aromatic nitrogens is 2. The molecule has 0 spiro atoms. The Morgan fingerprint density at radius 3 is 2.52 bits per heavy atom. The molecule has 0 saturated carbocycles. The maximum Gasteiger partial charge on any atom is 0.344 e. The normalized spacial score (nSPS) is 11.5. The number of esters is 1. The van der Waals surface area contributed by atoms with E-state index in [-0.39, 0.29) is 24.1 Å². The number of nitrogens with zero attached hydrogens (tertiary/aromatic N) is 3. The van der Waals surface area contributed by atoms with Crippen LogP contribution in [0.5, 0.6) is 17.2 Å². The monoisotopic (exact) mass is 697 g/mol. The average molecular weight is 699 g/mol.